The van der Waals surface area contributed by atoms with E-state index < -0.39 is 9.84 Å². The minimum absolute atomic E-state index is 0.0279. The zero-order chi connectivity index (χ0) is 19.2. The van der Waals surface area contributed by atoms with E-state index in [-0.39, 0.29) is 35.7 Å². The Balaban J connectivity index is 1.60. The second-order valence-electron chi connectivity index (χ2n) is 6.84. The average Bonchev–Trinajstić information content (AvgIpc) is 3.21. The number of sulfone groups is 1. The number of aromatic nitrogens is 2. The number of carbonyl (C=O) groups excluding carboxylic acids is 1. The van der Waals surface area contributed by atoms with Crippen molar-refractivity contribution in [2.45, 2.75) is 18.9 Å². The van der Waals surface area contributed by atoms with Gasteiger partial charge >= 0.3 is 0 Å². The normalized spacial score (nSPS) is 22.1. The van der Waals surface area contributed by atoms with Crippen LogP contribution in [0.3, 0.4) is 0 Å². The molecule has 142 valence electrons. The summed E-state index contributed by atoms with van der Waals surface area (Å²) in [6.45, 7) is 0. The van der Waals surface area contributed by atoms with Crippen LogP contribution in [0, 0.1) is 5.92 Å². The minimum Gasteiger partial charge on any atom is -0.327 e. The lowest BCUT2D eigenvalue weighted by Crippen LogP contribution is -2.42. The van der Waals surface area contributed by atoms with Gasteiger partial charge in [-0.05, 0) is 30.5 Å². The first-order valence-corrected chi connectivity index (χ1v) is 11.6. The van der Waals surface area contributed by atoms with Gasteiger partial charge in [0.25, 0.3) is 0 Å². The second kappa shape index (κ2) is 7.01. The Bertz CT molecular complexity index is 1120. The number of halogens is 1. The largest absolute Gasteiger partial charge is 0.327 e. The SMILES string of the molecule is N[C@H]1CCS(=O)(=O)C[C@@H]1CC(=O)c1cc(-c2cnn3ccccc23)c(Cl)s1. The molecule has 1 aliphatic rings. The number of nitrogens with two attached hydrogens (primary N) is 1. The third kappa shape index (κ3) is 3.67. The van der Waals surface area contributed by atoms with Gasteiger partial charge in [-0.15, -0.1) is 11.3 Å². The van der Waals surface area contributed by atoms with Gasteiger partial charge in [0.2, 0.25) is 0 Å². The lowest BCUT2D eigenvalue weighted by Gasteiger charge is -2.27. The molecule has 0 unspecified atom stereocenters. The molecule has 2 N–H and O–H groups in total. The molecule has 27 heavy (non-hydrogen) atoms. The molecule has 1 aliphatic heterocycles. The minimum atomic E-state index is -3.12. The fraction of sp³-hybridized carbons (Fsp3) is 0.333. The molecule has 0 saturated carbocycles. The monoisotopic (exact) mass is 423 g/mol. The lowest BCUT2D eigenvalue weighted by molar-refractivity contribution is 0.0962. The Labute approximate surface area is 165 Å². The molecule has 6 nitrogen and oxygen atoms in total. The summed E-state index contributed by atoms with van der Waals surface area (Å²) in [5.74, 6) is -0.401. The highest BCUT2D eigenvalue weighted by atomic mass is 35.5. The van der Waals surface area contributed by atoms with E-state index in [0.717, 1.165) is 16.6 Å². The van der Waals surface area contributed by atoms with Crippen molar-refractivity contribution in [1.29, 1.82) is 0 Å². The van der Waals surface area contributed by atoms with Crippen LogP contribution in [-0.4, -0.2) is 41.4 Å². The van der Waals surface area contributed by atoms with Crippen LogP contribution < -0.4 is 5.73 Å². The number of ketones is 1. The van der Waals surface area contributed by atoms with E-state index in [1.54, 1.807) is 16.8 Å². The second-order valence-corrected chi connectivity index (χ2v) is 10.7. The number of carbonyl (C=O) groups is 1. The van der Waals surface area contributed by atoms with Crippen LogP contribution in [0.4, 0.5) is 0 Å². The molecule has 0 bridgehead atoms. The van der Waals surface area contributed by atoms with Crippen molar-refractivity contribution in [3.05, 3.63) is 45.9 Å². The molecular weight excluding hydrogens is 406 g/mol. The summed E-state index contributed by atoms with van der Waals surface area (Å²) < 4.78 is 26.0. The molecule has 0 aliphatic carbocycles. The molecule has 1 fully saturated rings. The topological polar surface area (TPSA) is 94.5 Å². The van der Waals surface area contributed by atoms with Gasteiger partial charge in [0, 0.05) is 29.8 Å². The Morgan fingerprint density at radius 3 is 3.00 bits per heavy atom. The summed E-state index contributed by atoms with van der Waals surface area (Å²) in [5, 5.41) is 4.30. The maximum atomic E-state index is 12.7. The summed E-state index contributed by atoms with van der Waals surface area (Å²) in [4.78, 5) is 13.3. The van der Waals surface area contributed by atoms with E-state index in [1.165, 1.54) is 11.3 Å². The molecule has 0 amide bonds. The zero-order valence-electron chi connectivity index (χ0n) is 14.3. The van der Waals surface area contributed by atoms with Crippen molar-refractivity contribution >= 4 is 44.1 Å². The summed E-state index contributed by atoms with van der Waals surface area (Å²) in [7, 11) is -3.12. The van der Waals surface area contributed by atoms with Crippen LogP contribution in [-0.2, 0) is 9.84 Å². The van der Waals surface area contributed by atoms with E-state index in [4.69, 9.17) is 17.3 Å². The van der Waals surface area contributed by atoms with Crippen LogP contribution in [0.2, 0.25) is 4.34 Å². The summed E-state index contributed by atoms with van der Waals surface area (Å²) >= 11 is 7.61. The van der Waals surface area contributed by atoms with E-state index in [2.05, 4.69) is 5.10 Å². The van der Waals surface area contributed by atoms with Crippen LogP contribution in [0.1, 0.15) is 22.5 Å². The number of nitrogens with zero attached hydrogens (tertiary/aromatic N) is 2. The highest BCUT2D eigenvalue weighted by Gasteiger charge is 2.33. The third-order valence-corrected chi connectivity index (χ3v) is 8.15. The Kier molecular flexibility index (Phi) is 4.84. The number of rotatable bonds is 4. The van der Waals surface area contributed by atoms with Gasteiger partial charge < -0.3 is 5.73 Å². The Morgan fingerprint density at radius 1 is 1.37 bits per heavy atom. The van der Waals surface area contributed by atoms with Crippen LogP contribution >= 0.6 is 22.9 Å². The van der Waals surface area contributed by atoms with Crippen molar-refractivity contribution in [2.24, 2.45) is 11.7 Å². The molecule has 0 aromatic carbocycles. The lowest BCUT2D eigenvalue weighted by atomic mass is 9.93. The van der Waals surface area contributed by atoms with Crippen LogP contribution in [0.15, 0.2) is 36.7 Å². The zero-order valence-corrected chi connectivity index (χ0v) is 16.7. The van der Waals surface area contributed by atoms with Crippen molar-refractivity contribution in [3.8, 4) is 11.1 Å². The molecule has 4 rings (SSSR count). The summed E-state index contributed by atoms with van der Waals surface area (Å²) in [6.07, 6.45) is 4.09. The quantitative estimate of drug-likeness (QED) is 0.651. The smallest absolute Gasteiger partial charge is 0.173 e. The van der Waals surface area contributed by atoms with E-state index in [9.17, 15) is 13.2 Å². The Hall–Kier alpha value is -1.74. The standard InChI is InChI=1S/C18H18ClN3O3S2/c19-18-12(13-9-21-22-5-2-1-3-15(13)22)8-17(26-18)16(23)7-11-10-27(24,25)6-4-14(11)20/h1-3,5,8-9,11,14H,4,6-7,10,20H2/t11-,14-/m0/s1. The molecule has 1 saturated heterocycles. The maximum Gasteiger partial charge on any atom is 0.173 e. The Morgan fingerprint density at radius 2 is 2.19 bits per heavy atom. The average molecular weight is 424 g/mol. The number of pyridine rings is 1. The highest BCUT2D eigenvalue weighted by molar-refractivity contribution is 7.91. The first-order chi connectivity index (χ1) is 12.8. The molecule has 2 atom stereocenters. The molecule has 4 heterocycles. The van der Waals surface area contributed by atoms with Gasteiger partial charge in [-0.1, -0.05) is 17.7 Å². The number of hydrogen-bond acceptors (Lipinski definition) is 6. The number of fused-ring (bicyclic) bond motifs is 1. The van der Waals surface area contributed by atoms with Gasteiger partial charge in [0.1, 0.15) is 4.34 Å². The van der Waals surface area contributed by atoms with E-state index in [0.29, 0.717) is 15.6 Å². The predicted octanol–water partition coefficient (Wildman–Crippen LogP) is 3.05. The number of hydrogen-bond donors (Lipinski definition) is 1. The first-order valence-electron chi connectivity index (χ1n) is 8.55. The maximum absolute atomic E-state index is 12.7. The van der Waals surface area contributed by atoms with Gasteiger partial charge in [-0.2, -0.15) is 5.10 Å². The molecule has 3 aromatic rings. The number of Topliss-reactive ketones (excluding diaryl/α,β-unsaturated/α-hetero) is 1. The van der Waals surface area contributed by atoms with Crippen LogP contribution in [0.25, 0.3) is 16.6 Å². The van der Waals surface area contributed by atoms with Gasteiger partial charge in [0.15, 0.2) is 15.6 Å². The summed E-state index contributed by atoms with van der Waals surface area (Å²) in [6, 6.07) is 7.23. The molecule has 9 heteroatoms. The fourth-order valence-corrected chi connectivity index (χ4v) is 6.53. The van der Waals surface area contributed by atoms with Crippen molar-refractivity contribution in [3.63, 3.8) is 0 Å². The molecular formula is C18H18ClN3O3S2. The number of thiophene rings is 1. The molecule has 3 aromatic heterocycles. The highest BCUT2D eigenvalue weighted by Crippen LogP contribution is 2.38. The molecule has 0 radical (unpaired) electrons. The van der Waals surface area contributed by atoms with Gasteiger partial charge in [-0.3, -0.25) is 4.79 Å². The molecule has 0 spiro atoms. The first kappa shape index (κ1) is 18.6. The fourth-order valence-electron chi connectivity index (χ4n) is 3.47. The van der Waals surface area contributed by atoms with Gasteiger partial charge in [0.05, 0.1) is 28.1 Å². The van der Waals surface area contributed by atoms with E-state index >= 15 is 0 Å². The van der Waals surface area contributed by atoms with E-state index in [1.807, 2.05) is 24.4 Å². The van der Waals surface area contributed by atoms with Crippen molar-refractivity contribution < 1.29 is 13.2 Å². The van der Waals surface area contributed by atoms with Gasteiger partial charge in [-0.25, -0.2) is 12.9 Å². The van der Waals surface area contributed by atoms with Crippen molar-refractivity contribution in [1.82, 2.24) is 9.61 Å². The van der Waals surface area contributed by atoms with Crippen LogP contribution in [0.5, 0.6) is 0 Å². The predicted molar refractivity (Wildman–Crippen MR) is 107 cm³/mol. The summed E-state index contributed by atoms with van der Waals surface area (Å²) in [5.41, 5.74) is 8.56. The third-order valence-electron chi connectivity index (χ3n) is 4.96. The van der Waals surface area contributed by atoms with Crippen molar-refractivity contribution in [2.75, 3.05) is 11.5 Å².